The third-order valence-electron chi connectivity index (χ3n) is 3.73. The molecule has 1 heterocycles. The number of carbonyl (C=O) groups excluding carboxylic acids is 1. The Balaban J connectivity index is 2.07. The zero-order chi connectivity index (χ0) is 17.3. The predicted molar refractivity (Wildman–Crippen MR) is 94.8 cm³/mol. The second-order valence-corrected chi connectivity index (χ2v) is 6.25. The molecule has 0 N–H and O–H groups in total. The van der Waals surface area contributed by atoms with E-state index in [2.05, 4.69) is 4.98 Å². The lowest BCUT2D eigenvalue weighted by atomic mass is 10.1. The van der Waals surface area contributed by atoms with Crippen molar-refractivity contribution in [3.63, 3.8) is 0 Å². The molecule has 1 amide bonds. The number of fused-ring (bicyclic) bond motifs is 1. The Hall–Kier alpha value is -2.80. The van der Waals surface area contributed by atoms with Crippen LogP contribution in [0.2, 0.25) is 0 Å². The van der Waals surface area contributed by atoms with E-state index in [1.807, 2.05) is 31.2 Å². The van der Waals surface area contributed by atoms with Gasteiger partial charge in [0.1, 0.15) is 5.56 Å². The van der Waals surface area contributed by atoms with Gasteiger partial charge in [-0.15, -0.1) is 0 Å². The van der Waals surface area contributed by atoms with E-state index in [4.69, 9.17) is 0 Å². The van der Waals surface area contributed by atoms with Gasteiger partial charge in [-0.05, 0) is 32.0 Å². The Morgan fingerprint density at radius 3 is 2.67 bits per heavy atom. The molecule has 0 bridgehead atoms. The Morgan fingerprint density at radius 1 is 1.25 bits per heavy atom. The minimum atomic E-state index is -0.505. The second-order valence-electron chi connectivity index (χ2n) is 5.24. The van der Waals surface area contributed by atoms with Gasteiger partial charge in [0.15, 0.2) is 5.13 Å². The number of thiazole rings is 1. The van der Waals surface area contributed by atoms with Gasteiger partial charge >= 0.3 is 0 Å². The van der Waals surface area contributed by atoms with E-state index in [-0.39, 0.29) is 11.3 Å². The Labute approximate surface area is 142 Å². The number of carbonyl (C=O) groups is 1. The highest BCUT2D eigenvalue weighted by Crippen LogP contribution is 2.31. The minimum absolute atomic E-state index is 0.0844. The van der Waals surface area contributed by atoms with Gasteiger partial charge in [-0.3, -0.25) is 19.8 Å². The van der Waals surface area contributed by atoms with Gasteiger partial charge in [0.05, 0.1) is 15.1 Å². The van der Waals surface area contributed by atoms with E-state index in [0.29, 0.717) is 17.2 Å². The Kier molecular flexibility index (Phi) is 4.26. The molecule has 122 valence electrons. The maximum Gasteiger partial charge on any atom is 0.285 e. The van der Waals surface area contributed by atoms with Crippen LogP contribution in [0.4, 0.5) is 10.8 Å². The van der Waals surface area contributed by atoms with Crippen molar-refractivity contribution in [1.82, 2.24) is 4.98 Å². The van der Waals surface area contributed by atoms with Gasteiger partial charge in [-0.1, -0.05) is 35.6 Å². The largest absolute Gasteiger partial charge is 0.285 e. The summed E-state index contributed by atoms with van der Waals surface area (Å²) in [6.07, 6.45) is 0. The van der Waals surface area contributed by atoms with Crippen molar-refractivity contribution in [2.24, 2.45) is 0 Å². The van der Waals surface area contributed by atoms with Gasteiger partial charge in [0.2, 0.25) is 0 Å². The molecule has 0 unspecified atom stereocenters. The number of nitrogens with zero attached hydrogens (tertiary/aromatic N) is 3. The van der Waals surface area contributed by atoms with Crippen LogP contribution in [0.1, 0.15) is 22.8 Å². The fourth-order valence-electron chi connectivity index (χ4n) is 2.56. The topological polar surface area (TPSA) is 76.3 Å². The average molecular weight is 341 g/mol. The van der Waals surface area contributed by atoms with Gasteiger partial charge < -0.3 is 0 Å². The zero-order valence-corrected chi connectivity index (χ0v) is 14.0. The molecular weight excluding hydrogens is 326 g/mol. The third-order valence-corrected chi connectivity index (χ3v) is 4.79. The predicted octanol–water partition coefficient (Wildman–Crippen LogP) is 4.18. The molecule has 0 spiro atoms. The molecule has 0 saturated heterocycles. The molecule has 0 aliphatic heterocycles. The van der Waals surface area contributed by atoms with Gasteiger partial charge in [-0.25, -0.2) is 4.98 Å². The van der Waals surface area contributed by atoms with Crippen LogP contribution in [0.25, 0.3) is 10.2 Å². The molecule has 0 radical (unpaired) electrons. The van der Waals surface area contributed by atoms with Crippen molar-refractivity contribution in [3.8, 4) is 0 Å². The molecule has 24 heavy (non-hydrogen) atoms. The summed E-state index contributed by atoms with van der Waals surface area (Å²) in [7, 11) is 0. The van der Waals surface area contributed by atoms with E-state index in [9.17, 15) is 14.9 Å². The van der Waals surface area contributed by atoms with E-state index >= 15 is 0 Å². The third kappa shape index (κ3) is 2.74. The highest BCUT2D eigenvalue weighted by atomic mass is 32.1. The molecule has 0 fully saturated rings. The molecule has 0 saturated carbocycles. The SMILES string of the molecule is CCN(C(=O)c1cccc(C)c1[N+](=O)[O-])c1nc2ccccc2s1. The smallest absolute Gasteiger partial charge is 0.284 e. The minimum Gasteiger partial charge on any atom is -0.284 e. The quantitative estimate of drug-likeness (QED) is 0.527. The molecule has 0 aliphatic rings. The molecule has 0 atom stereocenters. The van der Waals surface area contributed by atoms with Crippen LogP contribution in [0.3, 0.4) is 0 Å². The first-order valence-electron chi connectivity index (χ1n) is 7.44. The first-order valence-corrected chi connectivity index (χ1v) is 8.26. The summed E-state index contributed by atoms with van der Waals surface area (Å²) < 4.78 is 0.970. The van der Waals surface area contributed by atoms with Crippen LogP contribution in [0, 0.1) is 17.0 Å². The summed E-state index contributed by atoms with van der Waals surface area (Å²) in [5.41, 5.74) is 1.21. The molecule has 6 nitrogen and oxygen atoms in total. The molecule has 7 heteroatoms. The highest BCUT2D eigenvalue weighted by molar-refractivity contribution is 7.22. The summed E-state index contributed by atoms with van der Waals surface area (Å²) in [5, 5.41) is 11.9. The van der Waals surface area contributed by atoms with Crippen LogP contribution in [-0.4, -0.2) is 22.4 Å². The number of rotatable bonds is 4. The van der Waals surface area contributed by atoms with E-state index in [0.717, 1.165) is 10.2 Å². The number of aromatic nitrogens is 1. The molecule has 2 aromatic carbocycles. The van der Waals surface area contributed by atoms with Crippen molar-refractivity contribution >= 4 is 38.3 Å². The van der Waals surface area contributed by atoms with Crippen LogP contribution in [0.15, 0.2) is 42.5 Å². The molecule has 3 aromatic rings. The lowest BCUT2D eigenvalue weighted by Crippen LogP contribution is -2.31. The summed E-state index contributed by atoms with van der Waals surface area (Å²) in [4.78, 5) is 29.7. The molecule has 1 aromatic heterocycles. The second kappa shape index (κ2) is 6.37. The number of benzene rings is 2. The summed E-state index contributed by atoms with van der Waals surface area (Å²) >= 11 is 1.40. The summed E-state index contributed by atoms with van der Waals surface area (Å²) in [6.45, 7) is 3.83. The van der Waals surface area contributed by atoms with Crippen LogP contribution >= 0.6 is 11.3 Å². The Bertz CT molecular complexity index is 903. The first kappa shape index (κ1) is 16.1. The summed E-state index contributed by atoms with van der Waals surface area (Å²) in [6, 6.07) is 12.4. The number of hydrogen-bond acceptors (Lipinski definition) is 5. The standard InChI is InChI=1S/C17H15N3O3S/c1-3-19(17-18-13-9-4-5-10-14(13)24-17)16(21)12-8-6-7-11(2)15(12)20(22)23/h4-10H,3H2,1-2H3. The Morgan fingerprint density at radius 2 is 2.00 bits per heavy atom. The monoisotopic (exact) mass is 341 g/mol. The number of nitro groups is 1. The first-order chi connectivity index (χ1) is 11.5. The van der Waals surface area contributed by atoms with Crippen molar-refractivity contribution in [2.45, 2.75) is 13.8 Å². The lowest BCUT2D eigenvalue weighted by molar-refractivity contribution is -0.385. The maximum atomic E-state index is 12.9. The lowest BCUT2D eigenvalue weighted by Gasteiger charge is -2.18. The van der Waals surface area contributed by atoms with E-state index in [1.54, 1.807) is 19.1 Å². The zero-order valence-electron chi connectivity index (χ0n) is 13.2. The van der Waals surface area contributed by atoms with Gasteiger partial charge in [0, 0.05) is 12.1 Å². The molecule has 3 rings (SSSR count). The molecule has 0 aliphatic carbocycles. The van der Waals surface area contributed by atoms with Crippen molar-refractivity contribution in [2.75, 3.05) is 11.4 Å². The fourth-order valence-corrected chi connectivity index (χ4v) is 3.59. The van der Waals surface area contributed by atoms with E-state index in [1.165, 1.54) is 22.3 Å². The number of hydrogen-bond donors (Lipinski definition) is 0. The number of aryl methyl sites for hydroxylation is 1. The maximum absolute atomic E-state index is 12.9. The molecular formula is C17H15N3O3S. The summed E-state index contributed by atoms with van der Waals surface area (Å²) in [5.74, 6) is -0.410. The van der Waals surface area contributed by atoms with Crippen molar-refractivity contribution in [3.05, 3.63) is 63.7 Å². The van der Waals surface area contributed by atoms with Crippen molar-refractivity contribution in [1.29, 1.82) is 0 Å². The average Bonchev–Trinajstić information content (AvgIpc) is 2.98. The normalized spacial score (nSPS) is 10.8. The van der Waals surface area contributed by atoms with Gasteiger partial charge in [0.25, 0.3) is 11.6 Å². The van der Waals surface area contributed by atoms with Crippen LogP contribution in [-0.2, 0) is 0 Å². The number of anilines is 1. The number of amides is 1. The number of para-hydroxylation sites is 2. The van der Waals surface area contributed by atoms with Crippen LogP contribution < -0.4 is 4.90 Å². The van der Waals surface area contributed by atoms with E-state index < -0.39 is 10.8 Å². The van der Waals surface area contributed by atoms with Gasteiger partial charge in [-0.2, -0.15) is 0 Å². The van der Waals surface area contributed by atoms with Crippen LogP contribution in [0.5, 0.6) is 0 Å². The van der Waals surface area contributed by atoms with Crippen molar-refractivity contribution < 1.29 is 9.72 Å². The number of nitro benzene ring substituents is 1. The highest BCUT2D eigenvalue weighted by Gasteiger charge is 2.27. The fraction of sp³-hybridized carbons (Fsp3) is 0.176.